The maximum Gasteiger partial charge on any atom is 1.00 e. The van der Waals surface area contributed by atoms with Gasteiger partial charge in [-0.15, -0.1) is 18.9 Å². The van der Waals surface area contributed by atoms with Gasteiger partial charge < -0.3 is 19.5 Å². The summed E-state index contributed by atoms with van der Waals surface area (Å²) < 4.78 is 75.2. The molecule has 0 unspecified atom stereocenters. The van der Waals surface area contributed by atoms with Crippen LogP contribution in [0.3, 0.4) is 0 Å². The number of rotatable bonds is 4. The fourth-order valence-electron chi connectivity index (χ4n) is 2.26. The van der Waals surface area contributed by atoms with Crippen LogP contribution in [0.5, 0.6) is 11.6 Å². The van der Waals surface area contributed by atoms with Crippen LogP contribution < -0.4 is 66.2 Å². The van der Waals surface area contributed by atoms with Crippen LogP contribution in [0.4, 0.5) is 18.9 Å². The Kier molecular flexibility index (Phi) is 7.81. The quantitative estimate of drug-likeness (QED) is 0.631. The molecule has 0 radical (unpaired) electrons. The van der Waals surface area contributed by atoms with E-state index < -0.39 is 32.9 Å². The van der Waals surface area contributed by atoms with E-state index in [4.69, 9.17) is 16.3 Å². The van der Waals surface area contributed by atoms with Gasteiger partial charge in [0.15, 0.2) is 0 Å². The molecule has 0 spiro atoms. The first-order chi connectivity index (χ1) is 13.0. The van der Waals surface area contributed by atoms with Crippen molar-refractivity contribution in [2.45, 2.75) is 11.3 Å². The van der Waals surface area contributed by atoms with Crippen LogP contribution in [0, 0.1) is 0 Å². The molecule has 150 valence electrons. The molecular weight excluding hydrogens is 466 g/mol. The molecule has 0 saturated carbocycles. The van der Waals surface area contributed by atoms with Crippen LogP contribution in [0.15, 0.2) is 35.4 Å². The first-order valence-corrected chi connectivity index (χ1v) is 9.31. The van der Waals surface area contributed by atoms with Gasteiger partial charge in [0.1, 0.15) is 27.9 Å². The minimum atomic E-state index is -5.13. The molecule has 29 heavy (non-hydrogen) atoms. The number of nitrogens with zero attached hydrogens (tertiary/aromatic N) is 2. The van der Waals surface area contributed by atoms with Crippen LogP contribution in [-0.4, -0.2) is 38.8 Å². The second-order valence-corrected chi connectivity index (χ2v) is 7.36. The number of alkyl halides is 3. The van der Waals surface area contributed by atoms with Gasteiger partial charge in [-0.05, 0) is 18.2 Å². The third-order valence-corrected chi connectivity index (χ3v) is 4.90. The zero-order valence-corrected chi connectivity index (χ0v) is 19.4. The predicted molar refractivity (Wildman–Crippen MR) is 90.4 cm³/mol. The largest absolute Gasteiger partial charge is 1.00 e. The van der Waals surface area contributed by atoms with Crippen molar-refractivity contribution in [3.8, 4) is 11.6 Å². The van der Waals surface area contributed by atoms with Gasteiger partial charge in [0, 0.05) is 11.2 Å². The van der Waals surface area contributed by atoms with E-state index in [1.807, 2.05) is 0 Å². The number of hydrogen-bond acceptors (Lipinski definition) is 6. The van der Waals surface area contributed by atoms with Gasteiger partial charge in [0.2, 0.25) is 5.88 Å². The molecule has 2 aromatic rings. The van der Waals surface area contributed by atoms with E-state index >= 15 is 0 Å². The van der Waals surface area contributed by atoms with Crippen LogP contribution in [0.2, 0.25) is 5.02 Å². The summed E-state index contributed by atoms with van der Waals surface area (Å²) in [7, 11) is -4.69. The number of sulfonamides is 1. The number of nitrogens with one attached hydrogen (secondary N) is 1. The molecule has 0 bridgehead atoms. The zero-order chi connectivity index (χ0) is 20.5. The van der Waals surface area contributed by atoms with Gasteiger partial charge in [-0.2, -0.15) is 0 Å². The maximum atomic E-state index is 12.6. The number of halogens is 4. The Morgan fingerprint density at radius 1 is 1.28 bits per heavy atom. The van der Waals surface area contributed by atoms with Crippen molar-refractivity contribution in [3.05, 3.63) is 45.8 Å². The number of hydrogen-bond donors (Lipinski definition) is 1. The summed E-state index contributed by atoms with van der Waals surface area (Å²) >= 11 is 5.70. The van der Waals surface area contributed by atoms with Crippen LogP contribution in [0.25, 0.3) is 4.72 Å². The van der Waals surface area contributed by atoms with Crippen molar-refractivity contribution in [3.63, 3.8) is 0 Å². The van der Waals surface area contributed by atoms with E-state index in [0.29, 0.717) is 0 Å². The summed E-state index contributed by atoms with van der Waals surface area (Å²) in [6, 6.07) is 3.66. The summed E-state index contributed by atoms with van der Waals surface area (Å²) in [4.78, 5) is 14.9. The standard InChI is InChI=1S/C15H10ClF3N3O5S.K/c16-8-1-2-11(27-15(17,18)19)12(5-8)28(24,25)22-9-6-10-13(23)20-3-4-26-14(10)21-7-9;/h1-2,5-7H,3-4H2,(H,20,23);/q-1;+1. The molecule has 1 N–H and O–H groups in total. The number of fused-ring (bicyclic) bond motifs is 1. The smallest absolute Gasteiger partial charge is 0.571 e. The zero-order valence-electron chi connectivity index (χ0n) is 14.7. The van der Waals surface area contributed by atoms with Crippen LogP contribution >= 0.6 is 11.6 Å². The molecule has 0 saturated heterocycles. The van der Waals surface area contributed by atoms with E-state index in [1.54, 1.807) is 0 Å². The molecule has 8 nitrogen and oxygen atoms in total. The van der Waals surface area contributed by atoms with Crippen LogP contribution in [-0.2, 0) is 10.0 Å². The Labute approximate surface area is 210 Å². The van der Waals surface area contributed by atoms with Gasteiger partial charge in [-0.3, -0.25) is 4.79 Å². The number of pyridine rings is 1. The minimum Gasteiger partial charge on any atom is -0.571 e. The Balaban J connectivity index is 0.00000300. The fourth-order valence-corrected chi connectivity index (χ4v) is 3.61. The number of ether oxygens (including phenoxy) is 2. The number of benzene rings is 1. The number of aromatic nitrogens is 1. The molecule has 1 aliphatic rings. The van der Waals surface area contributed by atoms with Gasteiger partial charge in [0.25, 0.3) is 5.91 Å². The molecule has 14 heteroatoms. The van der Waals surface area contributed by atoms with Crippen molar-refractivity contribution < 1.29 is 87.2 Å². The Morgan fingerprint density at radius 3 is 2.69 bits per heavy atom. The molecular formula is C15H10ClF3KN3O5S. The van der Waals surface area contributed by atoms with E-state index in [1.165, 1.54) is 0 Å². The summed E-state index contributed by atoms with van der Waals surface area (Å²) in [5.41, 5.74) is -0.357. The van der Waals surface area contributed by atoms with Gasteiger partial charge in [-0.1, -0.05) is 17.7 Å². The van der Waals surface area contributed by atoms with Gasteiger partial charge in [0.05, 0.1) is 11.4 Å². The maximum absolute atomic E-state index is 12.6. The third-order valence-electron chi connectivity index (χ3n) is 3.34. The molecule has 2 heterocycles. The molecule has 1 amide bonds. The minimum absolute atomic E-state index is 0. The first kappa shape index (κ1) is 24.2. The monoisotopic (exact) mass is 475 g/mol. The summed E-state index contributed by atoms with van der Waals surface area (Å²) in [6.45, 7) is 0.391. The molecule has 0 fully saturated rings. The van der Waals surface area contributed by atoms with Gasteiger partial charge >= 0.3 is 57.7 Å². The van der Waals surface area contributed by atoms with E-state index in [0.717, 1.165) is 30.5 Å². The summed E-state index contributed by atoms with van der Waals surface area (Å²) in [5.74, 6) is -1.57. The molecule has 0 aliphatic carbocycles. The normalized spacial score (nSPS) is 13.9. The topological polar surface area (TPSA) is 109 Å². The molecule has 1 aromatic carbocycles. The average Bonchev–Trinajstić information content (AvgIpc) is 2.77. The third kappa shape index (κ3) is 6.19. The number of carbonyl (C=O) groups is 1. The number of carbonyl (C=O) groups excluding carboxylic acids is 1. The Bertz CT molecular complexity index is 1040. The van der Waals surface area contributed by atoms with Crippen molar-refractivity contribution in [1.82, 2.24) is 10.3 Å². The van der Waals surface area contributed by atoms with Gasteiger partial charge in [-0.25, -0.2) is 13.4 Å². The molecule has 0 atom stereocenters. The Morgan fingerprint density at radius 2 is 2.00 bits per heavy atom. The molecule has 1 aliphatic heterocycles. The fraction of sp³-hybridized carbons (Fsp3) is 0.200. The second-order valence-electron chi connectivity index (χ2n) is 5.36. The van der Waals surface area contributed by atoms with E-state index in [9.17, 15) is 26.4 Å². The summed E-state index contributed by atoms with van der Waals surface area (Å²) in [6.07, 6.45) is -4.12. The predicted octanol–water partition coefficient (Wildman–Crippen LogP) is 0.154. The summed E-state index contributed by atoms with van der Waals surface area (Å²) in [5, 5.41) is 2.36. The average molecular weight is 476 g/mol. The van der Waals surface area contributed by atoms with E-state index in [-0.39, 0.29) is 86.7 Å². The number of amides is 1. The van der Waals surface area contributed by atoms with Crippen molar-refractivity contribution in [2.24, 2.45) is 0 Å². The van der Waals surface area contributed by atoms with E-state index in [2.05, 4.69) is 19.8 Å². The SMILES string of the molecule is O=C1NCCOc2ncc([N-]S(=O)(=O)c3cc(Cl)ccc3OC(F)(F)F)cc21.[K+]. The first-order valence-electron chi connectivity index (χ1n) is 7.49. The second kappa shape index (κ2) is 9.37. The molecule has 3 rings (SSSR count). The Hall–Kier alpha value is -1.09. The molecule has 1 aromatic heterocycles. The van der Waals surface area contributed by atoms with Crippen molar-refractivity contribution in [2.75, 3.05) is 13.2 Å². The van der Waals surface area contributed by atoms with Crippen molar-refractivity contribution >= 4 is 33.2 Å². The van der Waals surface area contributed by atoms with Crippen LogP contribution in [0.1, 0.15) is 10.4 Å². The van der Waals surface area contributed by atoms with Crippen molar-refractivity contribution in [1.29, 1.82) is 0 Å².